The minimum Gasteiger partial charge on any atom is -0.369 e. The summed E-state index contributed by atoms with van der Waals surface area (Å²) >= 11 is 0. The van der Waals surface area contributed by atoms with Crippen molar-refractivity contribution in [2.24, 2.45) is 10.1 Å². The second-order valence-corrected chi connectivity index (χ2v) is 10.7. The predicted octanol–water partition coefficient (Wildman–Crippen LogP) is 2.69. The Balaban J connectivity index is 1.54. The highest BCUT2D eigenvalue weighted by atomic mass is 32.2. The summed E-state index contributed by atoms with van der Waals surface area (Å²) in [5, 5.41) is 9.02. The molecule has 13 heteroatoms. The lowest BCUT2D eigenvalue weighted by Gasteiger charge is -2.27. The second kappa shape index (κ2) is 10.9. The third-order valence-electron chi connectivity index (χ3n) is 6.32. The Morgan fingerprint density at radius 2 is 1.43 bits per heavy atom. The van der Waals surface area contributed by atoms with Crippen molar-refractivity contribution in [1.82, 2.24) is 10.2 Å². The van der Waals surface area contributed by atoms with Gasteiger partial charge in [-0.3, -0.25) is 9.59 Å². The van der Waals surface area contributed by atoms with Crippen LogP contribution in [0.5, 0.6) is 0 Å². The first kappa shape index (κ1) is 27.0. The van der Waals surface area contributed by atoms with Crippen molar-refractivity contribution in [2.45, 2.75) is 4.90 Å². The third-order valence-corrected chi connectivity index (χ3v) is 7.60. The molecule has 0 saturated carbocycles. The molecule has 1 fully saturated rings. The molecule has 0 amide bonds. The number of nitrogens with two attached hydrogens (primary N) is 1. The lowest BCUT2D eigenvalue weighted by Crippen LogP contribution is -2.49. The molecule has 3 aromatic rings. The van der Waals surface area contributed by atoms with Crippen LogP contribution in [0.2, 0.25) is 0 Å². The van der Waals surface area contributed by atoms with Crippen LogP contribution >= 0.6 is 0 Å². The molecular formula is C27H24F2N6O4S. The Kier molecular flexibility index (Phi) is 7.32. The van der Waals surface area contributed by atoms with Gasteiger partial charge in [-0.25, -0.2) is 8.78 Å². The lowest BCUT2D eigenvalue weighted by atomic mass is 9.95. The van der Waals surface area contributed by atoms with Crippen LogP contribution in [0.15, 0.2) is 87.4 Å². The number of allylic oxidation sites excluding steroid dienone is 1. The van der Waals surface area contributed by atoms with Crippen LogP contribution in [0.1, 0.15) is 20.7 Å². The van der Waals surface area contributed by atoms with Crippen LogP contribution in [0.4, 0.5) is 20.2 Å². The lowest BCUT2D eigenvalue weighted by molar-refractivity contribution is 0.0960. The Bertz CT molecular complexity index is 1640. The van der Waals surface area contributed by atoms with Gasteiger partial charge in [0.1, 0.15) is 23.0 Å². The summed E-state index contributed by atoms with van der Waals surface area (Å²) in [5.41, 5.74) is 6.04. The number of para-hydroxylation sites is 2. The molecule has 2 aliphatic heterocycles. The van der Waals surface area contributed by atoms with Gasteiger partial charge in [0.05, 0.1) is 16.3 Å². The average molecular weight is 567 g/mol. The maximum atomic E-state index is 14.0. The first-order valence-electron chi connectivity index (χ1n) is 12.2. The van der Waals surface area contributed by atoms with E-state index < -0.39 is 44.4 Å². The molecule has 0 bridgehead atoms. The summed E-state index contributed by atoms with van der Waals surface area (Å²) in [6.45, 7) is 2.19. The molecule has 206 valence electrons. The minimum atomic E-state index is -4.32. The molecule has 0 spiro atoms. The number of hydrogen-bond donors (Lipinski definition) is 4. The SMILES string of the molecule is NC(=NS(=O)(=O)c1cccc(C(=O)C(C(=O)c2cc(F)cc(F)c2)=C2Nc3ccccc3N2)c1)N1CCNCC1. The van der Waals surface area contributed by atoms with E-state index in [0.29, 0.717) is 43.6 Å². The monoisotopic (exact) mass is 566 g/mol. The third kappa shape index (κ3) is 5.55. The van der Waals surface area contributed by atoms with Crippen molar-refractivity contribution in [3.05, 3.63) is 101 Å². The van der Waals surface area contributed by atoms with Crippen LogP contribution in [-0.2, 0) is 10.0 Å². The summed E-state index contributed by atoms with van der Waals surface area (Å²) in [6.07, 6.45) is 0. The number of sulfonamides is 1. The molecule has 2 aliphatic rings. The number of halogens is 2. The van der Waals surface area contributed by atoms with E-state index in [0.717, 1.165) is 18.2 Å². The minimum absolute atomic E-state index is 0.0184. The van der Waals surface area contributed by atoms with Gasteiger partial charge in [-0.2, -0.15) is 8.42 Å². The fourth-order valence-corrected chi connectivity index (χ4v) is 5.35. The topological polar surface area (TPSA) is 146 Å². The number of ketones is 2. The molecule has 40 heavy (non-hydrogen) atoms. The highest BCUT2D eigenvalue weighted by molar-refractivity contribution is 7.90. The maximum absolute atomic E-state index is 14.0. The van der Waals surface area contributed by atoms with Gasteiger partial charge in [0.15, 0.2) is 0 Å². The van der Waals surface area contributed by atoms with Gasteiger partial charge in [-0.1, -0.05) is 24.3 Å². The number of guanidine groups is 1. The van der Waals surface area contributed by atoms with Crippen LogP contribution in [0.25, 0.3) is 0 Å². The van der Waals surface area contributed by atoms with E-state index in [4.69, 9.17) is 5.73 Å². The quantitative estimate of drug-likeness (QED) is 0.0883. The first-order chi connectivity index (χ1) is 19.1. The van der Waals surface area contributed by atoms with Gasteiger partial charge < -0.3 is 26.6 Å². The number of nitrogens with zero attached hydrogens (tertiary/aromatic N) is 2. The van der Waals surface area contributed by atoms with Crippen molar-refractivity contribution in [2.75, 3.05) is 36.8 Å². The van der Waals surface area contributed by atoms with Crippen LogP contribution in [0, 0.1) is 11.6 Å². The van der Waals surface area contributed by atoms with Crippen LogP contribution < -0.4 is 21.7 Å². The number of nitrogens with one attached hydrogen (secondary N) is 3. The molecule has 5 N–H and O–H groups in total. The van der Waals surface area contributed by atoms with E-state index in [9.17, 15) is 26.8 Å². The largest absolute Gasteiger partial charge is 0.369 e. The van der Waals surface area contributed by atoms with Crippen molar-refractivity contribution in [3.63, 3.8) is 0 Å². The molecule has 2 heterocycles. The van der Waals surface area contributed by atoms with Crippen molar-refractivity contribution >= 4 is 38.9 Å². The summed E-state index contributed by atoms with van der Waals surface area (Å²) in [6, 6.07) is 14.1. The number of carbonyl (C=O) groups excluding carboxylic acids is 2. The molecule has 0 aliphatic carbocycles. The Labute approximate surface area is 228 Å². The summed E-state index contributed by atoms with van der Waals surface area (Å²) in [4.78, 5) is 28.6. The van der Waals surface area contributed by atoms with Crippen molar-refractivity contribution in [1.29, 1.82) is 0 Å². The molecular weight excluding hydrogens is 542 g/mol. The van der Waals surface area contributed by atoms with Crippen molar-refractivity contribution < 1.29 is 26.8 Å². The molecule has 0 aromatic heterocycles. The molecule has 3 aromatic carbocycles. The van der Waals surface area contributed by atoms with E-state index in [2.05, 4.69) is 20.3 Å². The molecule has 5 rings (SSSR count). The number of anilines is 2. The van der Waals surface area contributed by atoms with Gasteiger partial charge in [0.25, 0.3) is 10.0 Å². The predicted molar refractivity (Wildman–Crippen MR) is 145 cm³/mol. The smallest absolute Gasteiger partial charge is 0.285 e. The molecule has 0 unspecified atom stereocenters. The normalized spacial score (nSPS) is 15.2. The Morgan fingerprint density at radius 1 is 0.825 bits per heavy atom. The van der Waals surface area contributed by atoms with Crippen LogP contribution in [0.3, 0.4) is 0 Å². The van der Waals surface area contributed by atoms with Gasteiger partial charge in [0.2, 0.25) is 17.5 Å². The van der Waals surface area contributed by atoms with E-state index in [1.54, 1.807) is 29.2 Å². The van der Waals surface area contributed by atoms with E-state index in [1.165, 1.54) is 18.2 Å². The number of rotatable bonds is 6. The molecule has 10 nitrogen and oxygen atoms in total. The first-order valence-corrected chi connectivity index (χ1v) is 13.7. The average Bonchev–Trinajstić information content (AvgIpc) is 3.36. The summed E-state index contributed by atoms with van der Waals surface area (Å²) in [5.74, 6) is -4.04. The molecule has 0 radical (unpaired) electrons. The number of Topliss-reactive ketones (excluding diaryl/α,β-unsaturated/α-hetero) is 2. The zero-order chi connectivity index (χ0) is 28.4. The van der Waals surface area contributed by atoms with Gasteiger partial charge in [0, 0.05) is 43.4 Å². The highest BCUT2D eigenvalue weighted by Crippen LogP contribution is 2.33. The van der Waals surface area contributed by atoms with Gasteiger partial charge in [-0.05, 0) is 36.4 Å². The number of fused-ring (bicyclic) bond motifs is 1. The van der Waals surface area contributed by atoms with Gasteiger partial charge in [-0.15, -0.1) is 4.40 Å². The highest BCUT2D eigenvalue weighted by Gasteiger charge is 2.30. The Morgan fingerprint density at radius 3 is 2.05 bits per heavy atom. The number of benzene rings is 3. The second-order valence-electron chi connectivity index (χ2n) is 9.05. The van der Waals surface area contributed by atoms with E-state index in [1.807, 2.05) is 0 Å². The maximum Gasteiger partial charge on any atom is 0.285 e. The molecule has 0 atom stereocenters. The number of carbonyl (C=O) groups is 2. The zero-order valence-corrected chi connectivity index (χ0v) is 21.8. The fraction of sp³-hybridized carbons (Fsp3) is 0.148. The standard InChI is InChI=1S/C27H24F2N6O4S/c28-18-12-17(13-19(29)15-18)25(37)23(26-32-21-6-1-2-7-22(21)33-26)24(36)16-4-3-5-20(14-16)40(38,39)34-27(30)35-10-8-31-9-11-35/h1-7,12-15,31-33H,8-11H2,(H2,30,34). The number of hydrogen-bond acceptors (Lipinski definition) is 7. The molecule has 1 saturated heterocycles. The van der Waals surface area contributed by atoms with E-state index >= 15 is 0 Å². The van der Waals surface area contributed by atoms with Gasteiger partial charge >= 0.3 is 0 Å². The van der Waals surface area contributed by atoms with E-state index in [-0.39, 0.29) is 22.2 Å². The zero-order valence-electron chi connectivity index (χ0n) is 20.9. The summed E-state index contributed by atoms with van der Waals surface area (Å²) < 4.78 is 57.8. The number of piperazine rings is 1. The Hall–Kier alpha value is -4.62. The van der Waals surface area contributed by atoms with Crippen LogP contribution in [-0.4, -0.2) is 57.0 Å². The van der Waals surface area contributed by atoms with Crippen molar-refractivity contribution in [3.8, 4) is 0 Å². The summed E-state index contributed by atoms with van der Waals surface area (Å²) in [7, 11) is -4.32. The fourth-order valence-electron chi connectivity index (χ4n) is 4.36.